The maximum Gasteiger partial charge on any atom is 0.257 e. The molecule has 0 aromatic rings. The Balaban J connectivity index is 4.91. The molecule has 2 heteroatoms. The van der Waals surface area contributed by atoms with Crippen LogP contribution in [0.2, 0.25) is 16.6 Å². The Morgan fingerprint density at radius 2 is 1.25 bits per heavy atom. The van der Waals surface area contributed by atoms with Gasteiger partial charge in [-0.3, -0.25) is 0 Å². The molecule has 0 saturated heterocycles. The molecular formula is C14H28OSi. The van der Waals surface area contributed by atoms with Crippen LogP contribution in [0.5, 0.6) is 0 Å². The van der Waals surface area contributed by atoms with Crippen LogP contribution >= 0.6 is 0 Å². The second-order valence-electron chi connectivity index (χ2n) is 5.29. The predicted molar refractivity (Wildman–Crippen MR) is 76.1 cm³/mol. The van der Waals surface area contributed by atoms with Crippen LogP contribution in [0.4, 0.5) is 0 Å². The van der Waals surface area contributed by atoms with Crippen molar-refractivity contribution in [3.05, 3.63) is 24.5 Å². The van der Waals surface area contributed by atoms with Gasteiger partial charge in [0.15, 0.2) is 0 Å². The minimum atomic E-state index is -1.70. The van der Waals surface area contributed by atoms with Crippen LogP contribution in [0, 0.1) is 0 Å². The van der Waals surface area contributed by atoms with Gasteiger partial charge in [-0.15, -0.1) is 0 Å². The average molecular weight is 240 g/mol. The van der Waals surface area contributed by atoms with Gasteiger partial charge in [0, 0.05) is 0 Å². The molecule has 0 amide bonds. The van der Waals surface area contributed by atoms with Gasteiger partial charge < -0.3 is 4.43 Å². The lowest BCUT2D eigenvalue weighted by Gasteiger charge is -2.40. The highest BCUT2D eigenvalue weighted by molar-refractivity contribution is 6.77. The molecule has 1 nitrogen and oxygen atoms in total. The number of rotatable bonds is 6. The van der Waals surface area contributed by atoms with Crippen LogP contribution < -0.4 is 0 Å². The minimum absolute atomic E-state index is 0.641. The standard InChI is InChI=1S/C14H28OSi/c1-8-9-10-11-15-16(12(2)3,13(4)5)14(6)7/h8-14H,1-7H3/b9-8?,11-10+. The Morgan fingerprint density at radius 3 is 1.56 bits per heavy atom. The number of allylic oxidation sites excluding steroid dienone is 3. The molecule has 0 aromatic carbocycles. The molecule has 0 radical (unpaired) electrons. The summed E-state index contributed by atoms with van der Waals surface area (Å²) in [5.41, 5.74) is 1.92. The zero-order valence-electron chi connectivity index (χ0n) is 11.9. The average Bonchev–Trinajstić information content (AvgIpc) is 2.16. The van der Waals surface area contributed by atoms with Gasteiger partial charge in [0.2, 0.25) is 0 Å². The zero-order chi connectivity index (χ0) is 12.8. The van der Waals surface area contributed by atoms with Crippen LogP contribution in [0.1, 0.15) is 48.5 Å². The van der Waals surface area contributed by atoms with E-state index in [9.17, 15) is 0 Å². The summed E-state index contributed by atoms with van der Waals surface area (Å²) in [5, 5.41) is 0. The molecule has 94 valence electrons. The Hall–Kier alpha value is -0.503. The zero-order valence-corrected chi connectivity index (χ0v) is 12.9. The van der Waals surface area contributed by atoms with Gasteiger partial charge in [0.05, 0.1) is 6.26 Å². The first kappa shape index (κ1) is 15.5. The van der Waals surface area contributed by atoms with Gasteiger partial charge in [-0.2, -0.15) is 0 Å². The summed E-state index contributed by atoms with van der Waals surface area (Å²) < 4.78 is 6.22. The highest BCUT2D eigenvalue weighted by Crippen LogP contribution is 2.42. The lowest BCUT2D eigenvalue weighted by atomic mass is 10.5. The van der Waals surface area contributed by atoms with Crippen molar-refractivity contribution in [2.75, 3.05) is 0 Å². The first-order chi connectivity index (χ1) is 7.39. The molecule has 0 saturated carbocycles. The minimum Gasteiger partial charge on any atom is -0.548 e. The number of hydrogen-bond acceptors (Lipinski definition) is 1. The predicted octanol–water partition coefficient (Wildman–Crippen LogP) is 5.27. The first-order valence-corrected chi connectivity index (χ1v) is 8.49. The fourth-order valence-electron chi connectivity index (χ4n) is 2.72. The van der Waals surface area contributed by atoms with Crippen molar-refractivity contribution in [2.24, 2.45) is 0 Å². The van der Waals surface area contributed by atoms with Crippen molar-refractivity contribution in [3.63, 3.8) is 0 Å². The van der Waals surface area contributed by atoms with E-state index in [1.165, 1.54) is 0 Å². The topological polar surface area (TPSA) is 9.23 Å². The fourth-order valence-corrected chi connectivity index (χ4v) is 7.85. The smallest absolute Gasteiger partial charge is 0.257 e. The van der Waals surface area contributed by atoms with Crippen LogP contribution in [-0.2, 0) is 4.43 Å². The highest BCUT2D eigenvalue weighted by atomic mass is 28.4. The molecule has 0 bridgehead atoms. The lowest BCUT2D eigenvalue weighted by molar-refractivity contribution is 0.416. The third-order valence-electron chi connectivity index (χ3n) is 3.36. The van der Waals surface area contributed by atoms with Crippen molar-refractivity contribution >= 4 is 8.32 Å². The Bertz CT molecular complexity index is 217. The van der Waals surface area contributed by atoms with Gasteiger partial charge in [-0.1, -0.05) is 53.7 Å². The summed E-state index contributed by atoms with van der Waals surface area (Å²) in [5.74, 6) is 0. The van der Waals surface area contributed by atoms with Crippen LogP contribution in [0.15, 0.2) is 24.5 Å². The second kappa shape index (κ2) is 6.95. The van der Waals surface area contributed by atoms with E-state index in [1.54, 1.807) is 0 Å². The molecule has 0 atom stereocenters. The molecule has 0 aliphatic heterocycles. The summed E-state index contributed by atoms with van der Waals surface area (Å²) in [6.45, 7) is 15.8. The first-order valence-electron chi connectivity index (χ1n) is 6.35. The molecule has 16 heavy (non-hydrogen) atoms. The fraction of sp³-hybridized carbons (Fsp3) is 0.714. The van der Waals surface area contributed by atoms with E-state index in [-0.39, 0.29) is 0 Å². The van der Waals surface area contributed by atoms with E-state index in [4.69, 9.17) is 4.43 Å². The van der Waals surface area contributed by atoms with Crippen LogP contribution in [0.3, 0.4) is 0 Å². The maximum atomic E-state index is 6.22. The van der Waals surface area contributed by atoms with Gasteiger partial charge in [0.1, 0.15) is 0 Å². The van der Waals surface area contributed by atoms with Crippen LogP contribution in [-0.4, -0.2) is 8.32 Å². The maximum absolute atomic E-state index is 6.22. The molecule has 0 heterocycles. The van der Waals surface area contributed by atoms with E-state index in [0.29, 0.717) is 16.6 Å². The molecule has 0 rings (SSSR count). The third-order valence-corrected chi connectivity index (χ3v) is 9.32. The van der Waals surface area contributed by atoms with E-state index < -0.39 is 8.32 Å². The van der Waals surface area contributed by atoms with Gasteiger partial charge in [0.25, 0.3) is 8.32 Å². The monoisotopic (exact) mass is 240 g/mol. The van der Waals surface area contributed by atoms with Crippen LogP contribution in [0.25, 0.3) is 0 Å². The summed E-state index contributed by atoms with van der Waals surface area (Å²) in [7, 11) is -1.70. The Kier molecular flexibility index (Phi) is 6.73. The van der Waals surface area contributed by atoms with E-state index >= 15 is 0 Å². The van der Waals surface area contributed by atoms with Crippen molar-refractivity contribution in [1.82, 2.24) is 0 Å². The quantitative estimate of drug-likeness (QED) is 0.349. The largest absolute Gasteiger partial charge is 0.548 e. The van der Waals surface area contributed by atoms with Gasteiger partial charge in [-0.25, -0.2) is 0 Å². The second-order valence-corrected chi connectivity index (χ2v) is 10.7. The molecule has 0 fully saturated rings. The Morgan fingerprint density at radius 1 is 0.812 bits per heavy atom. The van der Waals surface area contributed by atoms with Crippen molar-refractivity contribution in [1.29, 1.82) is 0 Å². The van der Waals surface area contributed by atoms with Crippen molar-refractivity contribution in [3.8, 4) is 0 Å². The van der Waals surface area contributed by atoms with Gasteiger partial charge in [-0.05, 0) is 29.6 Å². The molecule has 0 unspecified atom stereocenters. The molecule has 0 aromatic heterocycles. The number of hydrogen-bond donors (Lipinski definition) is 0. The van der Waals surface area contributed by atoms with E-state index in [0.717, 1.165) is 0 Å². The van der Waals surface area contributed by atoms with E-state index in [1.807, 2.05) is 31.4 Å². The summed E-state index contributed by atoms with van der Waals surface area (Å²) in [4.78, 5) is 0. The normalized spacial score (nSPS) is 13.9. The summed E-state index contributed by atoms with van der Waals surface area (Å²) in [6.07, 6.45) is 7.92. The highest BCUT2D eigenvalue weighted by Gasteiger charge is 2.46. The molecule has 0 N–H and O–H groups in total. The van der Waals surface area contributed by atoms with Gasteiger partial charge >= 0.3 is 0 Å². The Labute approximate surface area is 103 Å². The molecule has 0 aliphatic carbocycles. The lowest BCUT2D eigenvalue weighted by Crippen LogP contribution is -2.46. The molecule has 0 spiro atoms. The van der Waals surface area contributed by atoms with Crippen molar-refractivity contribution < 1.29 is 4.43 Å². The summed E-state index contributed by atoms with van der Waals surface area (Å²) in [6, 6.07) is 0. The molecule has 0 aliphatic rings. The van der Waals surface area contributed by atoms with Crippen molar-refractivity contribution in [2.45, 2.75) is 65.1 Å². The molecular weight excluding hydrogens is 212 g/mol. The summed E-state index contributed by atoms with van der Waals surface area (Å²) >= 11 is 0. The van der Waals surface area contributed by atoms with E-state index in [2.05, 4.69) is 41.5 Å². The SMILES string of the molecule is CC=C/C=C/O[Si](C(C)C)(C(C)C)C(C)C. The third kappa shape index (κ3) is 3.51.